The summed E-state index contributed by atoms with van der Waals surface area (Å²) >= 11 is 1.25. The fourth-order valence-corrected chi connectivity index (χ4v) is 4.33. The molecule has 1 fully saturated rings. The highest BCUT2D eigenvalue weighted by Gasteiger charge is 2.49. The van der Waals surface area contributed by atoms with Gasteiger partial charge in [0.05, 0.1) is 33.1 Å². The summed E-state index contributed by atoms with van der Waals surface area (Å²) in [6.45, 7) is 8.44. The molecule has 0 radical (unpaired) electrons. The van der Waals surface area contributed by atoms with Crippen LogP contribution in [0.1, 0.15) is 27.2 Å². The van der Waals surface area contributed by atoms with E-state index in [1.54, 1.807) is 11.9 Å². The van der Waals surface area contributed by atoms with Gasteiger partial charge >= 0.3 is 11.9 Å². The topological polar surface area (TPSA) is 94.7 Å². The standard InChI is InChI=1S/C19H28N5O4S/c1-19(2,3)10-12-20-15-14(17(26)23(5)18(27)22(15)4)16(21-12)29-11-13(25)24-6-8-28-9-7-24/h14H,6-11H2,1-5H3/q+1. The maximum Gasteiger partial charge on any atom is 0.445 e. The van der Waals surface area contributed by atoms with E-state index in [1.807, 2.05) is 0 Å². The Kier molecular flexibility index (Phi) is 6.23. The number of urea groups is 1. The summed E-state index contributed by atoms with van der Waals surface area (Å²) in [6, 6.07) is -0.421. The van der Waals surface area contributed by atoms with Crippen molar-refractivity contribution >= 4 is 46.3 Å². The highest BCUT2D eigenvalue weighted by Crippen LogP contribution is 2.28. The van der Waals surface area contributed by atoms with E-state index >= 15 is 0 Å². The summed E-state index contributed by atoms with van der Waals surface area (Å²) in [5, 5.41) is 0.520. The van der Waals surface area contributed by atoms with Crippen molar-refractivity contribution in [1.82, 2.24) is 9.80 Å². The molecule has 0 saturated carbocycles. The number of morpholine rings is 1. The number of rotatable bonds is 3. The summed E-state index contributed by atoms with van der Waals surface area (Å²) in [5.74, 6) is -0.0000627. The summed E-state index contributed by atoms with van der Waals surface area (Å²) in [4.78, 5) is 49.8. The number of thioether (sulfide) groups is 1. The molecule has 1 saturated heterocycles. The first kappa shape index (κ1) is 21.6. The Morgan fingerprint density at radius 1 is 1.24 bits per heavy atom. The Hall–Kier alpha value is -2.07. The normalized spacial score (nSPS) is 23.1. The van der Waals surface area contributed by atoms with Gasteiger partial charge in [0.1, 0.15) is 5.04 Å². The molecule has 158 valence electrons. The smallest absolute Gasteiger partial charge is 0.378 e. The quantitative estimate of drug-likeness (QED) is 0.634. The molecule has 4 amide bonds. The third kappa shape index (κ3) is 4.75. The van der Waals surface area contributed by atoms with Crippen LogP contribution in [0.15, 0.2) is 9.98 Å². The molecular weight excluding hydrogens is 394 g/mol. The first-order valence-electron chi connectivity index (χ1n) is 9.65. The van der Waals surface area contributed by atoms with Crippen molar-refractivity contribution in [3.63, 3.8) is 0 Å². The number of carbonyl (C=O) groups excluding carboxylic acids is 3. The molecule has 0 bridgehead atoms. The maximum atomic E-state index is 12.8. The van der Waals surface area contributed by atoms with Crippen molar-refractivity contribution in [2.75, 3.05) is 46.2 Å². The molecule has 0 aromatic rings. The summed E-state index contributed by atoms with van der Waals surface area (Å²) in [6.07, 6.45) is 0.594. The third-order valence-corrected chi connectivity index (χ3v) is 5.89. The summed E-state index contributed by atoms with van der Waals surface area (Å²) < 4.78 is 6.69. The third-order valence-electron chi connectivity index (χ3n) is 4.88. The number of amides is 4. The molecule has 9 nitrogen and oxygen atoms in total. The van der Waals surface area contributed by atoms with Crippen molar-refractivity contribution in [3.8, 4) is 0 Å². The largest absolute Gasteiger partial charge is 0.445 e. The van der Waals surface area contributed by atoms with E-state index in [2.05, 4.69) is 30.8 Å². The Morgan fingerprint density at radius 2 is 1.90 bits per heavy atom. The fraction of sp³-hybridized carbons (Fsp3) is 0.684. The minimum Gasteiger partial charge on any atom is -0.378 e. The molecule has 0 aromatic heterocycles. The van der Waals surface area contributed by atoms with Gasteiger partial charge in [0.15, 0.2) is 5.92 Å². The van der Waals surface area contributed by atoms with Gasteiger partial charge in [-0.25, -0.2) is 9.79 Å². The highest BCUT2D eigenvalue weighted by atomic mass is 32.2. The Morgan fingerprint density at radius 3 is 2.52 bits per heavy atom. The lowest BCUT2D eigenvalue weighted by molar-refractivity contribution is -0.407. The Labute approximate surface area is 174 Å². The van der Waals surface area contributed by atoms with E-state index < -0.39 is 11.9 Å². The average Bonchev–Trinajstić information content (AvgIpc) is 2.67. The van der Waals surface area contributed by atoms with Gasteiger partial charge in [-0.3, -0.25) is 9.59 Å². The van der Waals surface area contributed by atoms with E-state index in [-0.39, 0.29) is 23.0 Å². The van der Waals surface area contributed by atoms with Crippen LogP contribution >= 0.6 is 11.8 Å². The number of aliphatic imine (C=N–C) groups is 2. The zero-order chi connectivity index (χ0) is 21.3. The van der Waals surface area contributed by atoms with Crippen LogP contribution in [0.5, 0.6) is 0 Å². The van der Waals surface area contributed by atoms with Gasteiger partial charge in [-0.2, -0.15) is 9.48 Å². The van der Waals surface area contributed by atoms with E-state index in [1.165, 1.54) is 23.4 Å². The van der Waals surface area contributed by atoms with Crippen molar-refractivity contribution in [1.29, 1.82) is 0 Å². The SMILES string of the molecule is CN1C(=O)C2C(SCC(=O)N3CCOCC3)=NC(CC(C)(C)C)=NC2=[N+](C)C1=O. The van der Waals surface area contributed by atoms with Gasteiger partial charge in [0.25, 0.3) is 5.84 Å². The number of ether oxygens (including phenoxy) is 1. The van der Waals surface area contributed by atoms with Gasteiger partial charge in [-0.1, -0.05) is 37.5 Å². The van der Waals surface area contributed by atoms with Crippen LogP contribution in [-0.4, -0.2) is 95.1 Å². The molecule has 3 aliphatic heterocycles. The molecule has 0 N–H and O–H groups in total. The highest BCUT2D eigenvalue weighted by molar-refractivity contribution is 8.14. The Balaban J connectivity index is 1.88. The van der Waals surface area contributed by atoms with Crippen LogP contribution < -0.4 is 0 Å². The lowest BCUT2D eigenvalue weighted by Gasteiger charge is -2.29. The van der Waals surface area contributed by atoms with Crippen molar-refractivity contribution in [2.24, 2.45) is 21.3 Å². The van der Waals surface area contributed by atoms with Gasteiger partial charge < -0.3 is 9.64 Å². The van der Waals surface area contributed by atoms with Gasteiger partial charge in [-0.15, -0.1) is 0 Å². The molecule has 10 heteroatoms. The second-order valence-corrected chi connectivity index (χ2v) is 9.52. The van der Waals surface area contributed by atoms with E-state index in [9.17, 15) is 14.4 Å². The molecule has 0 aromatic carbocycles. The first-order chi connectivity index (χ1) is 13.6. The second kappa shape index (κ2) is 8.35. The van der Waals surface area contributed by atoms with Crippen LogP contribution in [0.25, 0.3) is 0 Å². The maximum absolute atomic E-state index is 12.8. The number of amidine groups is 2. The molecule has 3 aliphatic rings. The molecule has 0 aliphatic carbocycles. The molecule has 3 heterocycles. The lowest BCUT2D eigenvalue weighted by atomic mass is 9.91. The van der Waals surface area contributed by atoms with E-state index in [4.69, 9.17) is 4.74 Å². The fourth-order valence-electron chi connectivity index (χ4n) is 3.33. The number of hydrogen-bond donors (Lipinski definition) is 0. The Bertz CT molecular complexity index is 821. The predicted molar refractivity (Wildman–Crippen MR) is 112 cm³/mol. The number of fused-ring (bicyclic) bond motifs is 1. The first-order valence-corrected chi connectivity index (χ1v) is 10.6. The van der Waals surface area contributed by atoms with Crippen LogP contribution in [0.4, 0.5) is 4.79 Å². The molecule has 1 unspecified atom stereocenters. The molecule has 29 heavy (non-hydrogen) atoms. The predicted octanol–water partition coefficient (Wildman–Crippen LogP) is 1.07. The van der Waals surface area contributed by atoms with Crippen molar-refractivity contribution in [3.05, 3.63) is 0 Å². The number of imide groups is 1. The molecular formula is C19H28N5O4S+. The monoisotopic (exact) mass is 422 g/mol. The van der Waals surface area contributed by atoms with Crippen LogP contribution in [0.2, 0.25) is 0 Å². The van der Waals surface area contributed by atoms with E-state index in [0.29, 0.717) is 49.4 Å². The average molecular weight is 423 g/mol. The van der Waals surface area contributed by atoms with Crippen molar-refractivity contribution < 1.29 is 23.7 Å². The van der Waals surface area contributed by atoms with Crippen LogP contribution in [-0.2, 0) is 14.3 Å². The second-order valence-electron chi connectivity index (χ2n) is 8.53. The van der Waals surface area contributed by atoms with E-state index in [0.717, 1.165) is 4.90 Å². The van der Waals surface area contributed by atoms with Crippen molar-refractivity contribution in [2.45, 2.75) is 27.2 Å². The summed E-state index contributed by atoms with van der Waals surface area (Å²) in [7, 11) is 3.06. The molecule has 0 spiro atoms. The van der Waals surface area contributed by atoms with Crippen LogP contribution in [0, 0.1) is 11.3 Å². The number of hydrogen-bond acceptors (Lipinski definition) is 7. The van der Waals surface area contributed by atoms with Crippen LogP contribution in [0.3, 0.4) is 0 Å². The van der Waals surface area contributed by atoms with Gasteiger partial charge in [-0.05, 0) is 5.41 Å². The minimum atomic E-state index is -0.756. The minimum absolute atomic E-state index is 0.0107. The molecule has 3 rings (SSSR count). The zero-order valence-electron chi connectivity index (χ0n) is 17.6. The number of nitrogens with zero attached hydrogens (tertiary/aromatic N) is 5. The van der Waals surface area contributed by atoms with Gasteiger partial charge in [0, 0.05) is 19.5 Å². The zero-order valence-corrected chi connectivity index (χ0v) is 18.4. The summed E-state index contributed by atoms with van der Waals surface area (Å²) in [5.41, 5.74) is -0.0623. The van der Waals surface area contributed by atoms with Gasteiger partial charge in [0.2, 0.25) is 11.7 Å². The molecule has 1 atom stereocenters. The lowest BCUT2D eigenvalue weighted by Crippen LogP contribution is -2.55. The number of carbonyl (C=O) groups is 3.